The van der Waals surface area contributed by atoms with E-state index in [-0.39, 0.29) is 12.2 Å². The molecule has 5 heteroatoms. The molecule has 0 saturated heterocycles. The molecule has 0 fully saturated rings. The van der Waals surface area contributed by atoms with E-state index in [4.69, 9.17) is 0 Å². The van der Waals surface area contributed by atoms with Gasteiger partial charge in [-0.2, -0.15) is 0 Å². The number of phenolic OH excluding ortho intramolecular Hbond substituents is 1. The molecular formula is C29H50O4S. The third-order valence-corrected chi connectivity index (χ3v) is 8.07. The molecular weight excluding hydrogens is 444 g/mol. The molecule has 196 valence electrons. The van der Waals surface area contributed by atoms with Crippen molar-refractivity contribution in [3.05, 3.63) is 28.8 Å². The number of carboxylic acid groups (broad SMARTS) is 1. The molecule has 0 spiro atoms. The van der Waals surface area contributed by atoms with Gasteiger partial charge in [-0.25, -0.2) is 4.79 Å². The predicted octanol–water partition coefficient (Wildman–Crippen LogP) is 8.67. The number of benzene rings is 1. The van der Waals surface area contributed by atoms with Gasteiger partial charge in [-0.3, -0.25) is 0 Å². The van der Waals surface area contributed by atoms with Crippen LogP contribution in [0.1, 0.15) is 133 Å². The van der Waals surface area contributed by atoms with Crippen molar-refractivity contribution < 1.29 is 20.1 Å². The first-order valence-electron chi connectivity index (χ1n) is 13.7. The van der Waals surface area contributed by atoms with Crippen molar-refractivity contribution in [2.75, 3.05) is 0 Å². The summed E-state index contributed by atoms with van der Waals surface area (Å²) in [7, 11) is 0. The van der Waals surface area contributed by atoms with Crippen LogP contribution in [0.3, 0.4) is 0 Å². The zero-order valence-electron chi connectivity index (χ0n) is 22.0. The summed E-state index contributed by atoms with van der Waals surface area (Å²) in [6, 6.07) is 3.71. The van der Waals surface area contributed by atoms with Gasteiger partial charge in [-0.05, 0) is 43.4 Å². The maximum Gasteiger partial charge on any atom is 0.346 e. The van der Waals surface area contributed by atoms with Gasteiger partial charge in [0.1, 0.15) is 5.75 Å². The molecule has 1 aromatic carbocycles. The Morgan fingerprint density at radius 1 is 0.765 bits per heavy atom. The number of carboxylic acids is 1. The summed E-state index contributed by atoms with van der Waals surface area (Å²) >= 11 is 1.07. The number of thioether (sulfide) groups is 1. The zero-order chi connectivity index (χ0) is 25.2. The molecule has 0 radical (unpaired) electrons. The Balaban J connectivity index is 2.09. The van der Waals surface area contributed by atoms with Gasteiger partial charge < -0.3 is 15.3 Å². The van der Waals surface area contributed by atoms with Crippen LogP contribution in [-0.2, 0) is 10.5 Å². The first-order chi connectivity index (χ1) is 16.3. The Labute approximate surface area is 212 Å². The van der Waals surface area contributed by atoms with Crippen LogP contribution in [0.15, 0.2) is 12.1 Å². The minimum atomic E-state index is -1.75. The number of hydrogen-bond donors (Lipinski definition) is 3. The third kappa shape index (κ3) is 13.0. The van der Waals surface area contributed by atoms with Crippen molar-refractivity contribution in [3.63, 3.8) is 0 Å². The highest BCUT2D eigenvalue weighted by Crippen LogP contribution is 2.33. The number of rotatable bonds is 21. The van der Waals surface area contributed by atoms with Crippen LogP contribution in [-0.4, -0.2) is 26.2 Å². The number of aromatic hydroxyl groups is 1. The molecule has 4 nitrogen and oxygen atoms in total. The van der Waals surface area contributed by atoms with Gasteiger partial charge >= 0.3 is 5.97 Å². The monoisotopic (exact) mass is 494 g/mol. The summed E-state index contributed by atoms with van der Waals surface area (Å²) in [6.45, 7) is 5.93. The molecule has 0 amide bonds. The van der Waals surface area contributed by atoms with E-state index in [1.165, 1.54) is 83.5 Å². The molecule has 1 rings (SSSR count). The van der Waals surface area contributed by atoms with Crippen molar-refractivity contribution in [1.82, 2.24) is 0 Å². The van der Waals surface area contributed by atoms with Crippen LogP contribution in [0, 0.1) is 13.8 Å². The quantitative estimate of drug-likeness (QED) is 0.118. The summed E-state index contributed by atoms with van der Waals surface area (Å²) < 4.78 is 0. The SMILES string of the molecule is CCCCCCCCCCCCCCCCCCC(O)(SCc1cc(C)c(O)c(C)c1)C(=O)O. The largest absolute Gasteiger partial charge is 0.507 e. The van der Waals surface area contributed by atoms with Crippen molar-refractivity contribution >= 4 is 17.7 Å². The van der Waals surface area contributed by atoms with Crippen LogP contribution in [0.25, 0.3) is 0 Å². The van der Waals surface area contributed by atoms with Crippen LogP contribution < -0.4 is 0 Å². The van der Waals surface area contributed by atoms with Crippen LogP contribution >= 0.6 is 11.8 Å². The number of phenols is 1. The van der Waals surface area contributed by atoms with Crippen molar-refractivity contribution in [2.45, 2.75) is 141 Å². The Kier molecular flexibility index (Phi) is 16.4. The number of aliphatic hydroxyl groups is 1. The van der Waals surface area contributed by atoms with E-state index in [2.05, 4.69) is 6.92 Å². The fraction of sp³-hybridized carbons (Fsp3) is 0.759. The van der Waals surface area contributed by atoms with E-state index in [9.17, 15) is 20.1 Å². The number of carbonyl (C=O) groups is 1. The Morgan fingerprint density at radius 3 is 1.53 bits per heavy atom. The van der Waals surface area contributed by atoms with Gasteiger partial charge in [-0.15, -0.1) is 11.8 Å². The third-order valence-electron chi connectivity index (χ3n) is 6.73. The molecule has 0 bridgehead atoms. The fourth-order valence-electron chi connectivity index (χ4n) is 4.49. The Hall–Kier alpha value is -1.20. The molecule has 1 atom stereocenters. The average Bonchev–Trinajstić information content (AvgIpc) is 2.80. The zero-order valence-corrected chi connectivity index (χ0v) is 22.9. The Bertz CT molecular complexity index is 668. The minimum absolute atomic E-state index is 0.265. The second-order valence-corrected chi connectivity index (χ2v) is 11.3. The van der Waals surface area contributed by atoms with Gasteiger partial charge in [-0.1, -0.05) is 115 Å². The summed E-state index contributed by atoms with van der Waals surface area (Å²) in [5.74, 6) is -0.482. The summed E-state index contributed by atoms with van der Waals surface area (Å²) in [4.78, 5) is 9.96. The lowest BCUT2D eigenvalue weighted by molar-refractivity contribution is -0.149. The highest BCUT2D eigenvalue weighted by Gasteiger charge is 2.35. The van der Waals surface area contributed by atoms with Gasteiger partial charge in [0.25, 0.3) is 0 Å². The smallest absolute Gasteiger partial charge is 0.346 e. The van der Waals surface area contributed by atoms with Crippen LogP contribution in [0.4, 0.5) is 0 Å². The van der Waals surface area contributed by atoms with Gasteiger partial charge in [0, 0.05) is 5.75 Å². The standard InChI is InChI=1S/C29H50O4S/c1-4-5-6-7-8-9-10-11-12-13-14-15-16-17-18-19-20-29(33,28(31)32)34-23-26-21-24(2)27(30)25(3)22-26/h21-22,30,33H,4-20,23H2,1-3H3,(H,31,32). The normalized spacial score (nSPS) is 13.2. The van der Waals surface area contributed by atoms with E-state index in [0.29, 0.717) is 5.75 Å². The average molecular weight is 495 g/mol. The lowest BCUT2D eigenvalue weighted by Gasteiger charge is -2.23. The molecule has 1 aromatic rings. The lowest BCUT2D eigenvalue weighted by atomic mass is 10.0. The summed E-state index contributed by atoms with van der Waals surface area (Å²) in [6.07, 6.45) is 20.6. The second-order valence-electron chi connectivity index (χ2n) is 10.0. The van der Waals surface area contributed by atoms with E-state index in [1.54, 1.807) is 0 Å². The maximum absolute atomic E-state index is 11.7. The van der Waals surface area contributed by atoms with Gasteiger partial charge in [0.2, 0.25) is 4.93 Å². The molecule has 0 aliphatic carbocycles. The summed E-state index contributed by atoms with van der Waals surface area (Å²) in [5.41, 5.74) is 2.46. The van der Waals surface area contributed by atoms with Crippen molar-refractivity contribution in [2.24, 2.45) is 0 Å². The molecule has 3 N–H and O–H groups in total. The second kappa shape index (κ2) is 18.1. The molecule has 0 aliphatic rings. The van der Waals surface area contributed by atoms with Crippen molar-refractivity contribution in [1.29, 1.82) is 0 Å². The number of unbranched alkanes of at least 4 members (excludes halogenated alkanes) is 15. The number of hydrogen-bond acceptors (Lipinski definition) is 4. The van der Waals surface area contributed by atoms with E-state index in [1.807, 2.05) is 26.0 Å². The molecule has 0 aromatic heterocycles. The molecule has 0 heterocycles. The van der Waals surface area contributed by atoms with Crippen LogP contribution in [0.2, 0.25) is 0 Å². The minimum Gasteiger partial charge on any atom is -0.507 e. The lowest BCUT2D eigenvalue weighted by Crippen LogP contribution is -2.34. The highest BCUT2D eigenvalue weighted by atomic mass is 32.2. The number of aliphatic carboxylic acids is 1. The Morgan fingerprint density at radius 2 is 1.15 bits per heavy atom. The molecule has 34 heavy (non-hydrogen) atoms. The maximum atomic E-state index is 11.7. The summed E-state index contributed by atoms with van der Waals surface area (Å²) in [5, 5.41) is 30.2. The van der Waals surface area contributed by atoms with Gasteiger partial charge in [0.05, 0.1) is 0 Å². The molecule has 0 aliphatic heterocycles. The first-order valence-corrected chi connectivity index (χ1v) is 14.7. The topological polar surface area (TPSA) is 77.8 Å². The molecule has 0 saturated carbocycles. The van der Waals surface area contributed by atoms with Crippen molar-refractivity contribution in [3.8, 4) is 5.75 Å². The van der Waals surface area contributed by atoms with Crippen LogP contribution in [0.5, 0.6) is 5.75 Å². The predicted molar refractivity (Wildman–Crippen MR) is 146 cm³/mol. The number of aryl methyl sites for hydroxylation is 2. The fourth-order valence-corrected chi connectivity index (χ4v) is 5.47. The van der Waals surface area contributed by atoms with E-state index in [0.717, 1.165) is 47.7 Å². The van der Waals surface area contributed by atoms with E-state index < -0.39 is 10.9 Å². The highest BCUT2D eigenvalue weighted by molar-refractivity contribution is 8.00. The molecule has 1 unspecified atom stereocenters. The first kappa shape index (κ1) is 30.8. The van der Waals surface area contributed by atoms with Gasteiger partial charge in [0.15, 0.2) is 0 Å². The van der Waals surface area contributed by atoms with E-state index >= 15 is 0 Å².